The van der Waals surface area contributed by atoms with E-state index in [0.29, 0.717) is 6.04 Å². The first kappa shape index (κ1) is 14.4. The fourth-order valence-corrected chi connectivity index (χ4v) is 2.72. The molecule has 106 valence electrons. The third-order valence-electron chi connectivity index (χ3n) is 3.71. The Hall–Kier alpha value is -1.06. The van der Waals surface area contributed by atoms with Gasteiger partial charge in [-0.25, -0.2) is 0 Å². The molecule has 2 rings (SSSR count). The van der Waals surface area contributed by atoms with Gasteiger partial charge in [0.15, 0.2) is 0 Å². The minimum absolute atomic E-state index is 0.282. The van der Waals surface area contributed by atoms with Crippen molar-refractivity contribution in [2.75, 3.05) is 19.8 Å². The van der Waals surface area contributed by atoms with E-state index in [1.807, 2.05) is 0 Å². The molecule has 0 amide bonds. The van der Waals surface area contributed by atoms with E-state index < -0.39 is 0 Å². The number of hydrogen-bond acceptors (Lipinski definition) is 3. The second-order valence-electron chi connectivity index (χ2n) is 5.14. The summed E-state index contributed by atoms with van der Waals surface area (Å²) in [6.45, 7) is 4.20. The first-order valence-electron chi connectivity index (χ1n) is 7.45. The first-order valence-corrected chi connectivity index (χ1v) is 7.45. The maximum absolute atomic E-state index is 8.71. The van der Waals surface area contributed by atoms with Crippen molar-refractivity contribution in [2.24, 2.45) is 0 Å². The number of rotatable bonds is 8. The Morgan fingerprint density at radius 1 is 1.32 bits per heavy atom. The Bertz CT molecular complexity index is 392. The number of hydrogen-bond donors (Lipinski definition) is 2. The smallest absolute Gasteiger partial charge is 0.119 e. The Morgan fingerprint density at radius 3 is 3.00 bits per heavy atom. The quantitative estimate of drug-likeness (QED) is 0.709. The molecule has 0 spiro atoms. The summed E-state index contributed by atoms with van der Waals surface area (Å²) in [5, 5.41) is 12.2. The fraction of sp³-hybridized carbons (Fsp3) is 0.625. The lowest BCUT2D eigenvalue weighted by molar-refractivity contribution is 0.266. The minimum atomic E-state index is 0.282. The Morgan fingerprint density at radius 2 is 2.21 bits per heavy atom. The molecule has 0 saturated heterocycles. The van der Waals surface area contributed by atoms with Crippen molar-refractivity contribution in [3.8, 4) is 5.75 Å². The normalized spacial score (nSPS) is 17.5. The highest BCUT2D eigenvalue weighted by Gasteiger charge is 2.21. The van der Waals surface area contributed by atoms with Gasteiger partial charge < -0.3 is 15.2 Å². The molecule has 0 saturated carbocycles. The van der Waals surface area contributed by atoms with Gasteiger partial charge in [-0.3, -0.25) is 0 Å². The molecule has 19 heavy (non-hydrogen) atoms. The number of aliphatic hydroxyl groups is 1. The maximum atomic E-state index is 8.71. The summed E-state index contributed by atoms with van der Waals surface area (Å²) in [6.07, 6.45) is 5.26. The number of benzene rings is 1. The predicted octanol–water partition coefficient (Wildman–Crippen LogP) is 2.82. The molecular formula is C16H25NO2. The third kappa shape index (κ3) is 3.95. The minimum Gasteiger partial charge on any atom is -0.494 e. The van der Waals surface area contributed by atoms with Crippen LogP contribution in [0.1, 0.15) is 49.8 Å². The highest BCUT2D eigenvalue weighted by atomic mass is 16.5. The summed E-state index contributed by atoms with van der Waals surface area (Å²) in [7, 11) is 0. The predicted molar refractivity (Wildman–Crippen MR) is 77.6 cm³/mol. The monoisotopic (exact) mass is 263 g/mol. The third-order valence-corrected chi connectivity index (χ3v) is 3.71. The largest absolute Gasteiger partial charge is 0.494 e. The molecule has 1 unspecified atom stereocenters. The number of fused-ring (bicyclic) bond motifs is 1. The van der Waals surface area contributed by atoms with Gasteiger partial charge in [0, 0.05) is 12.6 Å². The molecule has 1 atom stereocenters. The molecule has 1 aliphatic carbocycles. The van der Waals surface area contributed by atoms with E-state index in [2.05, 4.69) is 30.4 Å². The zero-order valence-electron chi connectivity index (χ0n) is 11.8. The van der Waals surface area contributed by atoms with Crippen LogP contribution in [0, 0.1) is 0 Å². The van der Waals surface area contributed by atoms with Crippen molar-refractivity contribution < 1.29 is 9.84 Å². The van der Waals surface area contributed by atoms with E-state index in [1.54, 1.807) is 0 Å². The average Bonchev–Trinajstić information content (AvgIpc) is 2.82. The van der Waals surface area contributed by atoms with Gasteiger partial charge in [-0.15, -0.1) is 0 Å². The number of aliphatic hydroxyl groups excluding tert-OH is 1. The van der Waals surface area contributed by atoms with E-state index in [4.69, 9.17) is 9.84 Å². The van der Waals surface area contributed by atoms with Crippen LogP contribution >= 0.6 is 0 Å². The topological polar surface area (TPSA) is 41.5 Å². The molecule has 2 N–H and O–H groups in total. The summed E-state index contributed by atoms with van der Waals surface area (Å²) >= 11 is 0. The zero-order valence-corrected chi connectivity index (χ0v) is 11.8. The molecule has 0 bridgehead atoms. The molecule has 1 aromatic carbocycles. The molecule has 3 heteroatoms. The molecule has 0 heterocycles. The highest BCUT2D eigenvalue weighted by molar-refractivity contribution is 5.40. The summed E-state index contributed by atoms with van der Waals surface area (Å²) in [5.41, 5.74) is 2.87. The van der Waals surface area contributed by atoms with E-state index in [9.17, 15) is 0 Å². The van der Waals surface area contributed by atoms with Crippen LogP contribution < -0.4 is 10.1 Å². The maximum Gasteiger partial charge on any atom is 0.119 e. The van der Waals surface area contributed by atoms with Crippen LogP contribution in [0.25, 0.3) is 0 Å². The van der Waals surface area contributed by atoms with Gasteiger partial charge in [0.25, 0.3) is 0 Å². The van der Waals surface area contributed by atoms with Crippen LogP contribution in [0.2, 0.25) is 0 Å². The number of unbranched alkanes of at least 4 members (excludes halogenated alkanes) is 2. The first-order chi connectivity index (χ1) is 9.35. The fourth-order valence-electron chi connectivity index (χ4n) is 2.72. The van der Waals surface area contributed by atoms with Crippen LogP contribution in [-0.2, 0) is 6.42 Å². The molecule has 0 aliphatic heterocycles. The summed E-state index contributed by atoms with van der Waals surface area (Å²) in [6, 6.07) is 7.01. The highest BCUT2D eigenvalue weighted by Crippen LogP contribution is 2.33. The van der Waals surface area contributed by atoms with Crippen LogP contribution in [0.4, 0.5) is 0 Å². The Kier molecular flexibility index (Phi) is 5.67. The molecule has 0 aromatic heterocycles. The standard InChI is InChI=1S/C16H25NO2/c1-2-17-16-9-6-13-12-14(7-8-15(13)16)19-11-5-3-4-10-18/h7-8,12,16-18H,2-6,9-11H2,1H3. The van der Waals surface area contributed by atoms with Gasteiger partial charge in [0.1, 0.15) is 5.75 Å². The lowest BCUT2D eigenvalue weighted by Gasteiger charge is -2.13. The SMILES string of the molecule is CCNC1CCc2cc(OCCCCCO)ccc21. The molecule has 0 fully saturated rings. The van der Waals surface area contributed by atoms with Gasteiger partial charge >= 0.3 is 0 Å². The summed E-state index contributed by atoms with van der Waals surface area (Å²) in [5.74, 6) is 0.986. The Labute approximate surface area is 116 Å². The second kappa shape index (κ2) is 7.51. The number of aryl methyl sites for hydroxylation is 1. The second-order valence-corrected chi connectivity index (χ2v) is 5.14. The van der Waals surface area contributed by atoms with Crippen molar-refractivity contribution in [1.29, 1.82) is 0 Å². The van der Waals surface area contributed by atoms with E-state index >= 15 is 0 Å². The summed E-state index contributed by atoms with van der Waals surface area (Å²) in [4.78, 5) is 0. The van der Waals surface area contributed by atoms with Crippen LogP contribution in [0.3, 0.4) is 0 Å². The molecule has 3 nitrogen and oxygen atoms in total. The molecular weight excluding hydrogens is 238 g/mol. The van der Waals surface area contributed by atoms with Gasteiger partial charge in [0.05, 0.1) is 6.61 Å². The Balaban J connectivity index is 1.84. The molecule has 0 radical (unpaired) electrons. The lowest BCUT2D eigenvalue weighted by atomic mass is 10.1. The number of nitrogens with one attached hydrogen (secondary N) is 1. The zero-order chi connectivity index (χ0) is 13.5. The van der Waals surface area contributed by atoms with Gasteiger partial charge in [-0.2, -0.15) is 0 Å². The van der Waals surface area contributed by atoms with E-state index in [1.165, 1.54) is 17.5 Å². The average molecular weight is 263 g/mol. The van der Waals surface area contributed by atoms with Crippen molar-refractivity contribution in [1.82, 2.24) is 5.32 Å². The van der Waals surface area contributed by atoms with Crippen molar-refractivity contribution in [3.05, 3.63) is 29.3 Å². The number of ether oxygens (including phenoxy) is 1. The van der Waals surface area contributed by atoms with Crippen LogP contribution in [-0.4, -0.2) is 24.9 Å². The molecule has 1 aromatic rings. The van der Waals surface area contributed by atoms with Crippen LogP contribution in [0.15, 0.2) is 18.2 Å². The van der Waals surface area contributed by atoms with Crippen molar-refractivity contribution >= 4 is 0 Å². The van der Waals surface area contributed by atoms with E-state index in [0.717, 1.165) is 44.6 Å². The van der Waals surface area contributed by atoms with Gasteiger partial charge in [-0.1, -0.05) is 13.0 Å². The van der Waals surface area contributed by atoms with Crippen LogP contribution in [0.5, 0.6) is 5.75 Å². The van der Waals surface area contributed by atoms with Crippen molar-refractivity contribution in [2.45, 2.75) is 45.1 Å². The van der Waals surface area contributed by atoms with Gasteiger partial charge in [-0.05, 0) is 61.9 Å². The van der Waals surface area contributed by atoms with Crippen molar-refractivity contribution in [3.63, 3.8) is 0 Å². The summed E-state index contributed by atoms with van der Waals surface area (Å²) < 4.78 is 5.77. The van der Waals surface area contributed by atoms with Gasteiger partial charge in [0.2, 0.25) is 0 Å². The molecule has 1 aliphatic rings. The lowest BCUT2D eigenvalue weighted by Crippen LogP contribution is -2.18. The van der Waals surface area contributed by atoms with E-state index in [-0.39, 0.29) is 6.61 Å².